The number of hydrogen-bond acceptors (Lipinski definition) is 11. The van der Waals surface area contributed by atoms with E-state index in [9.17, 15) is 25.9 Å². The number of nitrogens with zero attached hydrogens (tertiary/aromatic N) is 2. The first-order valence-corrected chi connectivity index (χ1v) is 18.7. The topological polar surface area (TPSA) is 149 Å². The molecule has 0 amide bonds. The molecule has 4 aromatic rings. The Morgan fingerprint density at radius 1 is 0.935 bits per heavy atom. The Labute approximate surface area is 271 Å². The van der Waals surface area contributed by atoms with Crippen molar-refractivity contribution < 1.29 is 44.7 Å². The summed E-state index contributed by atoms with van der Waals surface area (Å²) in [4.78, 5) is 1.88. The molecule has 0 N–H and O–H groups in total. The molecule has 2 aliphatic rings. The van der Waals surface area contributed by atoms with E-state index in [2.05, 4.69) is 0 Å². The van der Waals surface area contributed by atoms with Gasteiger partial charge in [0.05, 0.1) is 25.9 Å². The van der Waals surface area contributed by atoms with E-state index < -0.39 is 31.7 Å². The number of hydrogen-bond donors (Lipinski definition) is 0. The Hall–Kier alpha value is -3.95. The number of aromatic nitrogens is 1. The maximum Gasteiger partial charge on any atom is 0.263 e. The number of benzene rings is 3. The molecule has 0 atom stereocenters. The highest BCUT2D eigenvalue weighted by atomic mass is 32.2. The van der Waals surface area contributed by atoms with Crippen LogP contribution in [0.2, 0.25) is 0 Å². The van der Waals surface area contributed by atoms with E-state index >= 15 is 0 Å². The summed E-state index contributed by atoms with van der Waals surface area (Å²) < 4.78 is 88.7. The third-order valence-corrected chi connectivity index (χ3v) is 10.4. The fraction of sp³-hybridized carbons (Fsp3) is 0.281. The summed E-state index contributed by atoms with van der Waals surface area (Å²) in [6.07, 6.45) is 4.71. The molecule has 0 aliphatic carbocycles. The highest BCUT2D eigenvalue weighted by molar-refractivity contribution is 7.85. The zero-order valence-electron chi connectivity index (χ0n) is 24.9. The molecule has 0 saturated carbocycles. The Balaban J connectivity index is 1.38. The number of fused-ring (bicyclic) bond motifs is 4. The summed E-state index contributed by atoms with van der Waals surface area (Å²) in [5, 5.41) is 0.807. The van der Waals surface area contributed by atoms with Gasteiger partial charge in [-0.15, -0.1) is 0 Å². The molecule has 242 valence electrons. The highest BCUT2D eigenvalue weighted by Gasteiger charge is 2.29. The van der Waals surface area contributed by atoms with E-state index in [0.717, 1.165) is 37.6 Å². The predicted octanol–water partition coefficient (Wildman–Crippen LogP) is 4.99. The number of anilines is 1. The molecule has 46 heavy (non-hydrogen) atoms. The molecular formula is C32H31N2O9S3-. The molecule has 0 bridgehead atoms. The zero-order chi connectivity index (χ0) is 32.5. The van der Waals surface area contributed by atoms with Crippen LogP contribution in [-0.4, -0.2) is 50.8 Å². The van der Waals surface area contributed by atoms with Gasteiger partial charge in [0.1, 0.15) is 0 Å². The lowest BCUT2D eigenvalue weighted by molar-refractivity contribution is -0.668. The molecule has 3 heterocycles. The van der Waals surface area contributed by atoms with Gasteiger partial charge in [-0.05, 0) is 47.7 Å². The third kappa shape index (κ3) is 7.21. The van der Waals surface area contributed by atoms with Crippen molar-refractivity contribution in [2.75, 3.05) is 29.7 Å². The fourth-order valence-corrected chi connectivity index (χ4v) is 7.69. The van der Waals surface area contributed by atoms with E-state index in [1.165, 1.54) is 11.3 Å². The molecule has 0 unspecified atom stereocenters. The van der Waals surface area contributed by atoms with Crippen molar-refractivity contribution in [1.29, 1.82) is 0 Å². The van der Waals surface area contributed by atoms with Gasteiger partial charge in [-0.2, -0.15) is 4.57 Å². The number of aryl methyl sites for hydroxylation is 1. The number of ether oxygens (including phenoxy) is 3. The van der Waals surface area contributed by atoms with Crippen LogP contribution in [0.15, 0.2) is 78.2 Å². The summed E-state index contributed by atoms with van der Waals surface area (Å²) >= 11 is 1.46. The van der Waals surface area contributed by atoms with E-state index in [1.54, 1.807) is 0 Å². The highest BCUT2D eigenvalue weighted by Crippen LogP contribution is 2.43. The molecule has 3 aromatic carbocycles. The fourth-order valence-electron chi connectivity index (χ4n) is 5.48. The van der Waals surface area contributed by atoms with Crippen LogP contribution >= 0.6 is 11.3 Å². The van der Waals surface area contributed by atoms with Crippen molar-refractivity contribution in [3.63, 3.8) is 0 Å². The van der Waals surface area contributed by atoms with Gasteiger partial charge in [-0.25, -0.2) is 16.8 Å². The van der Waals surface area contributed by atoms with Crippen molar-refractivity contribution in [3.8, 4) is 28.4 Å². The summed E-state index contributed by atoms with van der Waals surface area (Å²) in [7, 11) is -8.77. The standard InChI is InChI=1S/C32H32N2O9S3/c1-2-22(19-30-34(15-7-17-46(38,39)40)25-11-13-28-31(32(25)44-30)42-21-41-28)18-29-33(14-6-16-45(35,36)37)26-20-24(10-12-27(26)43-29)23-8-4-3-5-9-23/h3-5,8-13,18-20H,2,6-7,14-17,21H2,1H3,(H-,35,36,37,38,39,40)/p-1. The molecule has 0 fully saturated rings. The van der Waals surface area contributed by atoms with Gasteiger partial charge < -0.3 is 28.2 Å². The van der Waals surface area contributed by atoms with Gasteiger partial charge in [0.2, 0.25) is 18.2 Å². The Morgan fingerprint density at radius 3 is 2.41 bits per heavy atom. The van der Waals surface area contributed by atoms with Gasteiger partial charge in [-0.1, -0.05) is 54.7 Å². The SMILES string of the molecule is CCC(=Cc1sc2c3c(ccc2[n+]1CCCS(=O)(=O)[O-])OCO3)C=C1Oc2ccc(-c3ccccc3)cc2N1CCCS(=O)(=O)[O-]. The monoisotopic (exact) mass is 683 g/mol. The van der Waals surface area contributed by atoms with Gasteiger partial charge in [0.25, 0.3) is 5.01 Å². The molecule has 0 saturated heterocycles. The summed E-state index contributed by atoms with van der Waals surface area (Å²) in [5.41, 5.74) is 4.43. The normalized spacial score (nSPS) is 15.5. The summed E-state index contributed by atoms with van der Waals surface area (Å²) in [6.45, 7) is 2.63. The average molecular weight is 684 g/mol. The largest absolute Gasteiger partial charge is 0.748 e. The second-order valence-electron chi connectivity index (χ2n) is 10.8. The lowest BCUT2D eigenvalue weighted by atomic mass is 10.0. The van der Waals surface area contributed by atoms with Crippen LogP contribution in [-0.2, 0) is 26.8 Å². The van der Waals surface area contributed by atoms with E-state index in [1.807, 2.05) is 89.2 Å². The molecule has 0 spiro atoms. The molecule has 6 rings (SSSR count). The van der Waals surface area contributed by atoms with Crippen molar-refractivity contribution in [2.45, 2.75) is 32.7 Å². The average Bonchev–Trinajstić information content (AvgIpc) is 3.71. The Bertz CT molecular complexity index is 2060. The third-order valence-electron chi connectivity index (χ3n) is 7.65. The second kappa shape index (κ2) is 13.0. The van der Waals surface area contributed by atoms with Crippen LogP contribution in [0.1, 0.15) is 31.2 Å². The molecule has 1 aromatic heterocycles. The zero-order valence-corrected chi connectivity index (χ0v) is 27.3. The van der Waals surface area contributed by atoms with Gasteiger partial charge in [0.15, 0.2) is 28.5 Å². The quantitative estimate of drug-likeness (QED) is 0.148. The molecule has 14 heteroatoms. The molecular weight excluding hydrogens is 653 g/mol. The van der Waals surface area contributed by atoms with Crippen molar-refractivity contribution in [3.05, 3.63) is 83.2 Å². The van der Waals surface area contributed by atoms with Gasteiger partial charge >= 0.3 is 0 Å². The predicted molar refractivity (Wildman–Crippen MR) is 173 cm³/mol. The summed E-state index contributed by atoms with van der Waals surface area (Å²) in [6, 6.07) is 19.4. The van der Waals surface area contributed by atoms with Crippen molar-refractivity contribution in [1.82, 2.24) is 0 Å². The maximum atomic E-state index is 11.4. The smallest absolute Gasteiger partial charge is 0.263 e. The van der Waals surface area contributed by atoms with E-state index in [4.69, 9.17) is 14.2 Å². The van der Waals surface area contributed by atoms with Crippen LogP contribution in [0.25, 0.3) is 27.4 Å². The number of allylic oxidation sites excluding steroid dienone is 2. The molecule has 0 radical (unpaired) electrons. The number of thiazole rings is 1. The van der Waals surface area contributed by atoms with Crippen LogP contribution in [0, 0.1) is 0 Å². The minimum Gasteiger partial charge on any atom is -0.748 e. The first kappa shape index (κ1) is 32.0. The van der Waals surface area contributed by atoms with Crippen LogP contribution in [0.5, 0.6) is 17.2 Å². The van der Waals surface area contributed by atoms with E-state index in [-0.39, 0.29) is 26.2 Å². The van der Waals surface area contributed by atoms with Crippen molar-refractivity contribution in [2.24, 2.45) is 0 Å². The Kier molecular flexibility index (Phi) is 9.08. The number of rotatable bonds is 12. The minimum atomic E-state index is -4.40. The summed E-state index contributed by atoms with van der Waals surface area (Å²) in [5.74, 6) is 1.35. The van der Waals surface area contributed by atoms with Crippen LogP contribution < -0.4 is 23.7 Å². The molecule has 2 aliphatic heterocycles. The lowest BCUT2D eigenvalue weighted by Crippen LogP contribution is -2.36. The first-order valence-electron chi connectivity index (χ1n) is 14.7. The van der Waals surface area contributed by atoms with Gasteiger partial charge in [-0.3, -0.25) is 0 Å². The van der Waals surface area contributed by atoms with Crippen LogP contribution in [0.4, 0.5) is 5.69 Å². The van der Waals surface area contributed by atoms with Gasteiger partial charge in [0, 0.05) is 42.7 Å². The van der Waals surface area contributed by atoms with Crippen molar-refractivity contribution >= 4 is 53.6 Å². The second-order valence-corrected chi connectivity index (χ2v) is 14.9. The minimum absolute atomic E-state index is 0.103. The lowest BCUT2D eigenvalue weighted by Gasteiger charge is -2.19. The van der Waals surface area contributed by atoms with E-state index in [0.29, 0.717) is 36.1 Å². The molecule has 11 nitrogen and oxygen atoms in total. The Morgan fingerprint density at radius 2 is 1.67 bits per heavy atom. The van der Waals surface area contributed by atoms with Crippen LogP contribution in [0.3, 0.4) is 0 Å². The maximum absolute atomic E-state index is 11.4. The first-order chi connectivity index (χ1) is 22.0.